The van der Waals surface area contributed by atoms with Crippen LogP contribution >= 0.6 is 0 Å². The summed E-state index contributed by atoms with van der Waals surface area (Å²) in [5, 5.41) is 0.781. The van der Waals surface area contributed by atoms with Crippen molar-refractivity contribution in [3.05, 3.63) is 39.2 Å². The van der Waals surface area contributed by atoms with Crippen LogP contribution in [0.1, 0.15) is 43.9 Å². The van der Waals surface area contributed by atoms with Crippen molar-refractivity contribution >= 4 is 22.7 Å². The second-order valence-corrected chi connectivity index (χ2v) is 6.23. The van der Waals surface area contributed by atoms with Crippen LogP contribution in [0.25, 0.3) is 11.0 Å². The van der Waals surface area contributed by atoms with Gasteiger partial charge in [-0.3, -0.25) is 9.59 Å². The number of aryl methyl sites for hydroxylation is 2. The van der Waals surface area contributed by atoms with Crippen LogP contribution in [0.3, 0.4) is 0 Å². The zero-order valence-electron chi connectivity index (χ0n) is 15.8. The SMILES string of the molecule is CCOC(=O)CCc1c(C)c2ccc(O[C@H](C)C(C)=O)c(C)c2oc1=O. The van der Waals surface area contributed by atoms with E-state index in [0.717, 1.165) is 10.9 Å². The van der Waals surface area contributed by atoms with E-state index in [1.54, 1.807) is 32.9 Å². The van der Waals surface area contributed by atoms with Gasteiger partial charge in [0.25, 0.3) is 0 Å². The number of hydrogen-bond acceptors (Lipinski definition) is 6. The van der Waals surface area contributed by atoms with Gasteiger partial charge >= 0.3 is 11.6 Å². The molecular formula is C20H24O6. The average Bonchev–Trinajstić information content (AvgIpc) is 2.57. The smallest absolute Gasteiger partial charge is 0.339 e. The fraction of sp³-hybridized carbons (Fsp3) is 0.450. The van der Waals surface area contributed by atoms with Gasteiger partial charge in [0.1, 0.15) is 11.3 Å². The lowest BCUT2D eigenvalue weighted by Gasteiger charge is -2.16. The fourth-order valence-corrected chi connectivity index (χ4v) is 2.72. The van der Waals surface area contributed by atoms with Gasteiger partial charge in [0.2, 0.25) is 0 Å². The van der Waals surface area contributed by atoms with Crippen LogP contribution in [0.15, 0.2) is 21.3 Å². The number of rotatable bonds is 7. The molecule has 140 valence electrons. The van der Waals surface area contributed by atoms with E-state index in [1.807, 2.05) is 6.92 Å². The van der Waals surface area contributed by atoms with Crippen molar-refractivity contribution in [2.45, 2.75) is 53.6 Å². The molecule has 0 aliphatic carbocycles. The molecule has 1 heterocycles. The van der Waals surface area contributed by atoms with E-state index in [2.05, 4.69) is 0 Å². The van der Waals surface area contributed by atoms with Crippen LogP contribution in [0.4, 0.5) is 0 Å². The largest absolute Gasteiger partial charge is 0.483 e. The number of carbonyl (C=O) groups is 2. The Hall–Kier alpha value is -2.63. The van der Waals surface area contributed by atoms with Crippen molar-refractivity contribution in [1.82, 2.24) is 0 Å². The highest BCUT2D eigenvalue weighted by Crippen LogP contribution is 2.30. The maximum Gasteiger partial charge on any atom is 0.339 e. The zero-order valence-corrected chi connectivity index (χ0v) is 15.8. The molecule has 6 heteroatoms. The molecule has 1 atom stereocenters. The van der Waals surface area contributed by atoms with Crippen LogP contribution in [0.2, 0.25) is 0 Å². The van der Waals surface area contributed by atoms with Gasteiger partial charge < -0.3 is 13.9 Å². The lowest BCUT2D eigenvalue weighted by atomic mass is 10.0. The van der Waals surface area contributed by atoms with Crippen LogP contribution in [0, 0.1) is 13.8 Å². The molecule has 0 spiro atoms. The lowest BCUT2D eigenvalue weighted by Crippen LogP contribution is -2.21. The standard InChI is InChI=1S/C20H24O6/c1-6-24-18(22)10-8-16-11(2)15-7-9-17(25-14(5)13(4)21)12(3)19(15)26-20(16)23/h7,9,14H,6,8,10H2,1-5H3/t14-/m1/s1. The first-order chi connectivity index (χ1) is 12.3. The third-order valence-electron chi connectivity index (χ3n) is 4.41. The molecule has 26 heavy (non-hydrogen) atoms. The molecule has 0 bridgehead atoms. The van der Waals surface area contributed by atoms with Gasteiger partial charge in [-0.1, -0.05) is 0 Å². The fourth-order valence-electron chi connectivity index (χ4n) is 2.72. The monoisotopic (exact) mass is 360 g/mol. The van der Waals surface area contributed by atoms with Crippen molar-refractivity contribution in [2.24, 2.45) is 0 Å². The molecule has 0 unspecified atom stereocenters. The van der Waals surface area contributed by atoms with E-state index in [0.29, 0.717) is 29.1 Å². The van der Waals surface area contributed by atoms with Crippen molar-refractivity contribution in [2.75, 3.05) is 6.61 Å². The van der Waals surface area contributed by atoms with Gasteiger partial charge in [-0.2, -0.15) is 0 Å². The molecule has 6 nitrogen and oxygen atoms in total. The van der Waals surface area contributed by atoms with Gasteiger partial charge in [-0.25, -0.2) is 4.79 Å². The number of benzene rings is 1. The number of hydrogen-bond donors (Lipinski definition) is 0. The average molecular weight is 360 g/mol. The van der Waals surface area contributed by atoms with Crippen LogP contribution in [0.5, 0.6) is 5.75 Å². The topological polar surface area (TPSA) is 82.8 Å². The Morgan fingerprint density at radius 1 is 1.19 bits per heavy atom. The summed E-state index contributed by atoms with van der Waals surface area (Å²) in [6.07, 6.45) is -0.189. The van der Waals surface area contributed by atoms with Gasteiger partial charge in [-0.05, 0) is 58.7 Å². The maximum absolute atomic E-state index is 12.4. The highest BCUT2D eigenvalue weighted by Gasteiger charge is 2.18. The number of carbonyl (C=O) groups excluding carboxylic acids is 2. The number of ether oxygens (including phenoxy) is 2. The molecule has 0 aliphatic heterocycles. The predicted molar refractivity (Wildman–Crippen MR) is 97.7 cm³/mol. The van der Waals surface area contributed by atoms with E-state index in [4.69, 9.17) is 13.9 Å². The first-order valence-electron chi connectivity index (χ1n) is 8.64. The molecule has 0 amide bonds. The molecule has 0 saturated heterocycles. The zero-order chi connectivity index (χ0) is 19.4. The number of ketones is 1. The number of esters is 1. The lowest BCUT2D eigenvalue weighted by molar-refractivity contribution is -0.143. The Labute approximate surface area is 152 Å². The third kappa shape index (κ3) is 4.12. The second kappa shape index (κ2) is 8.17. The predicted octanol–water partition coefficient (Wildman–Crippen LogP) is 3.26. The Bertz CT molecular complexity index is 893. The Kier molecular flexibility index (Phi) is 6.18. The van der Waals surface area contributed by atoms with Crippen LogP contribution in [-0.2, 0) is 20.7 Å². The third-order valence-corrected chi connectivity index (χ3v) is 4.41. The summed E-state index contributed by atoms with van der Waals surface area (Å²) in [5.74, 6) is 0.0722. The highest BCUT2D eigenvalue weighted by molar-refractivity contribution is 5.86. The minimum absolute atomic E-state index is 0.0866. The highest BCUT2D eigenvalue weighted by atomic mass is 16.5. The van der Waals surface area contributed by atoms with Gasteiger partial charge in [0.05, 0.1) is 6.61 Å². The van der Waals surface area contributed by atoms with E-state index >= 15 is 0 Å². The Balaban J connectivity index is 2.41. The summed E-state index contributed by atoms with van der Waals surface area (Å²) in [5.41, 5.74) is 1.86. The Morgan fingerprint density at radius 2 is 1.88 bits per heavy atom. The summed E-state index contributed by atoms with van der Waals surface area (Å²) in [7, 11) is 0. The summed E-state index contributed by atoms with van der Waals surface area (Å²) in [6.45, 7) is 8.80. The second-order valence-electron chi connectivity index (χ2n) is 6.23. The molecule has 2 aromatic rings. The molecule has 0 radical (unpaired) electrons. The summed E-state index contributed by atoms with van der Waals surface area (Å²) in [6, 6.07) is 3.57. The number of fused-ring (bicyclic) bond motifs is 1. The van der Waals surface area contributed by atoms with Crippen LogP contribution < -0.4 is 10.4 Å². The summed E-state index contributed by atoms with van der Waals surface area (Å²) < 4.78 is 16.1. The Morgan fingerprint density at radius 3 is 2.50 bits per heavy atom. The van der Waals surface area contributed by atoms with Gasteiger partial charge in [0.15, 0.2) is 11.9 Å². The number of Topliss-reactive ketones (excluding diaryl/α,β-unsaturated/α-hetero) is 1. The summed E-state index contributed by atoms with van der Waals surface area (Å²) in [4.78, 5) is 35.4. The molecule has 0 N–H and O–H groups in total. The summed E-state index contributed by atoms with van der Waals surface area (Å²) >= 11 is 0. The normalized spacial score (nSPS) is 12.0. The molecule has 2 rings (SSSR count). The first kappa shape index (κ1) is 19.7. The molecule has 0 aliphatic rings. The van der Waals surface area contributed by atoms with E-state index < -0.39 is 11.7 Å². The molecule has 1 aromatic heterocycles. The quantitative estimate of drug-likeness (QED) is 0.557. The van der Waals surface area contributed by atoms with Crippen molar-refractivity contribution < 1.29 is 23.5 Å². The van der Waals surface area contributed by atoms with E-state index in [1.165, 1.54) is 6.92 Å². The minimum atomic E-state index is -0.581. The van der Waals surface area contributed by atoms with Crippen molar-refractivity contribution in [3.63, 3.8) is 0 Å². The van der Waals surface area contributed by atoms with Crippen molar-refractivity contribution in [1.29, 1.82) is 0 Å². The molecular weight excluding hydrogens is 336 g/mol. The maximum atomic E-state index is 12.4. The van der Waals surface area contributed by atoms with Gasteiger partial charge in [0, 0.05) is 22.9 Å². The molecule has 0 saturated carbocycles. The van der Waals surface area contributed by atoms with Crippen LogP contribution in [-0.4, -0.2) is 24.5 Å². The van der Waals surface area contributed by atoms with E-state index in [9.17, 15) is 14.4 Å². The molecule has 1 aromatic carbocycles. The first-order valence-corrected chi connectivity index (χ1v) is 8.64. The van der Waals surface area contributed by atoms with E-state index in [-0.39, 0.29) is 24.6 Å². The van der Waals surface area contributed by atoms with Gasteiger partial charge in [-0.15, -0.1) is 0 Å². The minimum Gasteiger partial charge on any atom is -0.483 e. The molecule has 0 fully saturated rings. The van der Waals surface area contributed by atoms with Crippen molar-refractivity contribution in [3.8, 4) is 5.75 Å².